The van der Waals surface area contributed by atoms with E-state index in [-0.39, 0.29) is 0 Å². The molecule has 0 atom stereocenters. The molecular weight excluding hydrogens is 238 g/mol. The zero-order valence-electron chi connectivity index (χ0n) is 12.1. The second-order valence-corrected chi connectivity index (χ2v) is 5.18. The van der Waals surface area contributed by atoms with Gasteiger partial charge >= 0.3 is 0 Å². The van der Waals surface area contributed by atoms with Crippen LogP contribution in [0.25, 0.3) is 0 Å². The van der Waals surface area contributed by atoms with E-state index in [0.717, 1.165) is 32.1 Å². The van der Waals surface area contributed by atoms with Crippen LogP contribution < -0.4 is 10.1 Å². The summed E-state index contributed by atoms with van der Waals surface area (Å²) >= 11 is 0. The van der Waals surface area contributed by atoms with Crippen molar-refractivity contribution in [2.24, 2.45) is 0 Å². The first-order valence-electron chi connectivity index (χ1n) is 7.27. The van der Waals surface area contributed by atoms with Gasteiger partial charge in [-0.25, -0.2) is 4.98 Å². The first kappa shape index (κ1) is 14.3. The fraction of sp³-hybridized carbons (Fsp3) is 0.667. The molecule has 0 unspecified atom stereocenters. The molecule has 0 radical (unpaired) electrons. The Morgan fingerprint density at radius 2 is 2.21 bits per heavy atom. The second kappa shape index (κ2) is 7.46. The molecule has 0 amide bonds. The predicted molar refractivity (Wildman–Crippen MR) is 77.4 cm³/mol. The first-order chi connectivity index (χ1) is 9.33. The van der Waals surface area contributed by atoms with Crippen molar-refractivity contribution in [1.82, 2.24) is 15.2 Å². The number of hydrogen-bond acceptors (Lipinski definition) is 4. The maximum absolute atomic E-state index is 5.31. The summed E-state index contributed by atoms with van der Waals surface area (Å²) in [6.45, 7) is 6.61. The zero-order valence-corrected chi connectivity index (χ0v) is 12.1. The monoisotopic (exact) mass is 263 g/mol. The third kappa shape index (κ3) is 4.18. The Morgan fingerprint density at radius 1 is 1.42 bits per heavy atom. The van der Waals surface area contributed by atoms with E-state index in [9.17, 15) is 0 Å². The second-order valence-electron chi connectivity index (χ2n) is 5.18. The van der Waals surface area contributed by atoms with Gasteiger partial charge in [0.25, 0.3) is 0 Å². The molecule has 1 aromatic heterocycles. The number of likely N-dealkylation sites (tertiary alicyclic amines) is 1. The topological polar surface area (TPSA) is 37.4 Å². The fourth-order valence-corrected chi connectivity index (χ4v) is 2.61. The number of ether oxygens (including phenoxy) is 1. The van der Waals surface area contributed by atoms with E-state index in [4.69, 9.17) is 4.74 Å². The summed E-state index contributed by atoms with van der Waals surface area (Å²) in [5.74, 6) is 0.758. The average molecular weight is 263 g/mol. The number of nitrogens with one attached hydrogen (secondary N) is 1. The molecular formula is C15H25N3O. The molecule has 1 aliphatic rings. The molecule has 106 valence electrons. The van der Waals surface area contributed by atoms with Crippen LogP contribution in [-0.4, -0.2) is 42.7 Å². The average Bonchev–Trinajstić information content (AvgIpc) is 2.47. The van der Waals surface area contributed by atoms with Crippen LogP contribution in [0.3, 0.4) is 0 Å². The van der Waals surface area contributed by atoms with Crippen molar-refractivity contribution < 1.29 is 4.74 Å². The molecule has 4 nitrogen and oxygen atoms in total. The summed E-state index contributed by atoms with van der Waals surface area (Å²) in [5, 5.41) is 3.61. The van der Waals surface area contributed by atoms with Gasteiger partial charge in [-0.1, -0.05) is 13.0 Å². The number of aromatic nitrogens is 1. The van der Waals surface area contributed by atoms with Gasteiger partial charge in [0.1, 0.15) is 0 Å². The van der Waals surface area contributed by atoms with Crippen molar-refractivity contribution in [3.05, 3.63) is 23.9 Å². The van der Waals surface area contributed by atoms with Crippen molar-refractivity contribution >= 4 is 0 Å². The van der Waals surface area contributed by atoms with Crippen LogP contribution in [0.15, 0.2) is 18.3 Å². The summed E-state index contributed by atoms with van der Waals surface area (Å²) in [6, 6.07) is 4.78. The van der Waals surface area contributed by atoms with Crippen LogP contribution in [0.1, 0.15) is 31.7 Å². The van der Waals surface area contributed by atoms with Gasteiger partial charge in [-0.05, 0) is 45.0 Å². The minimum atomic E-state index is 0.701. The van der Waals surface area contributed by atoms with Crippen molar-refractivity contribution in [2.45, 2.75) is 38.8 Å². The molecule has 2 heterocycles. The Balaban J connectivity index is 1.82. The molecule has 1 aromatic rings. The van der Waals surface area contributed by atoms with Crippen LogP contribution in [0.4, 0.5) is 0 Å². The molecule has 0 bridgehead atoms. The summed E-state index contributed by atoms with van der Waals surface area (Å²) in [6.07, 6.45) is 5.47. The van der Waals surface area contributed by atoms with E-state index in [2.05, 4.69) is 28.2 Å². The molecule has 1 fully saturated rings. The van der Waals surface area contributed by atoms with Gasteiger partial charge in [0, 0.05) is 24.3 Å². The van der Waals surface area contributed by atoms with Crippen LogP contribution in [0, 0.1) is 0 Å². The Bertz CT molecular complexity index is 375. The quantitative estimate of drug-likeness (QED) is 0.852. The number of rotatable bonds is 6. The van der Waals surface area contributed by atoms with Gasteiger partial charge in [-0.15, -0.1) is 0 Å². The van der Waals surface area contributed by atoms with E-state index >= 15 is 0 Å². The van der Waals surface area contributed by atoms with E-state index in [0.29, 0.717) is 6.04 Å². The largest absolute Gasteiger partial charge is 0.481 e. The number of piperidine rings is 1. The van der Waals surface area contributed by atoms with Crippen LogP contribution in [-0.2, 0) is 6.54 Å². The molecule has 19 heavy (non-hydrogen) atoms. The third-order valence-corrected chi connectivity index (χ3v) is 3.71. The first-order valence-corrected chi connectivity index (χ1v) is 7.27. The highest BCUT2D eigenvalue weighted by molar-refractivity contribution is 5.25. The van der Waals surface area contributed by atoms with Crippen LogP contribution in [0.5, 0.6) is 5.88 Å². The number of nitrogens with zero attached hydrogens (tertiary/aromatic N) is 2. The molecule has 1 N–H and O–H groups in total. The van der Waals surface area contributed by atoms with Gasteiger partial charge < -0.3 is 10.1 Å². The molecule has 2 rings (SSSR count). The highest BCUT2D eigenvalue weighted by Gasteiger charge is 2.19. The van der Waals surface area contributed by atoms with Crippen molar-refractivity contribution in [2.75, 3.05) is 26.7 Å². The van der Waals surface area contributed by atoms with Crippen LogP contribution in [0.2, 0.25) is 0 Å². The molecule has 4 heteroatoms. The summed E-state index contributed by atoms with van der Waals surface area (Å²) in [5.41, 5.74) is 1.19. The summed E-state index contributed by atoms with van der Waals surface area (Å²) < 4.78 is 5.31. The Labute approximate surface area is 116 Å². The van der Waals surface area contributed by atoms with Crippen molar-refractivity contribution in [3.63, 3.8) is 0 Å². The fourth-order valence-electron chi connectivity index (χ4n) is 2.61. The molecule has 1 saturated heterocycles. The lowest BCUT2D eigenvalue weighted by atomic mass is 10.0. The van der Waals surface area contributed by atoms with Crippen molar-refractivity contribution in [3.8, 4) is 5.88 Å². The van der Waals surface area contributed by atoms with E-state index in [1.807, 2.05) is 6.07 Å². The third-order valence-electron chi connectivity index (χ3n) is 3.71. The molecule has 1 aliphatic heterocycles. The normalized spacial score (nSPS) is 17.6. The highest BCUT2D eigenvalue weighted by atomic mass is 16.5. The Hall–Kier alpha value is -1.13. The highest BCUT2D eigenvalue weighted by Crippen LogP contribution is 2.19. The zero-order chi connectivity index (χ0) is 13.5. The maximum atomic E-state index is 5.31. The Kier molecular flexibility index (Phi) is 5.61. The SMILES string of the molecule is CCCNC1CCN(Cc2cccnc2OC)CC1. The number of methoxy groups -OCH3 is 1. The van der Waals surface area contributed by atoms with E-state index in [1.165, 1.54) is 24.8 Å². The van der Waals surface area contributed by atoms with Gasteiger partial charge in [-0.3, -0.25) is 4.90 Å². The minimum Gasteiger partial charge on any atom is -0.481 e. The summed E-state index contributed by atoms with van der Waals surface area (Å²) in [7, 11) is 1.69. The van der Waals surface area contributed by atoms with E-state index in [1.54, 1.807) is 13.3 Å². The Morgan fingerprint density at radius 3 is 2.89 bits per heavy atom. The maximum Gasteiger partial charge on any atom is 0.217 e. The van der Waals surface area contributed by atoms with Gasteiger partial charge in [0.15, 0.2) is 0 Å². The standard InChI is InChI=1S/C15H25N3O/c1-3-8-16-14-6-10-18(11-7-14)12-13-5-4-9-17-15(13)19-2/h4-5,9,14,16H,3,6-8,10-12H2,1-2H3. The lowest BCUT2D eigenvalue weighted by molar-refractivity contribution is 0.188. The smallest absolute Gasteiger partial charge is 0.217 e. The van der Waals surface area contributed by atoms with Crippen LogP contribution >= 0.6 is 0 Å². The van der Waals surface area contributed by atoms with Gasteiger partial charge in [-0.2, -0.15) is 0 Å². The van der Waals surface area contributed by atoms with Gasteiger partial charge in [0.2, 0.25) is 5.88 Å². The lowest BCUT2D eigenvalue weighted by Gasteiger charge is -2.32. The predicted octanol–water partition coefficient (Wildman–Crippen LogP) is 2.05. The van der Waals surface area contributed by atoms with E-state index < -0.39 is 0 Å². The minimum absolute atomic E-state index is 0.701. The molecule has 0 spiro atoms. The number of hydrogen-bond donors (Lipinski definition) is 1. The molecule has 0 aromatic carbocycles. The molecule has 0 saturated carbocycles. The summed E-state index contributed by atoms with van der Waals surface area (Å²) in [4.78, 5) is 6.75. The molecule has 0 aliphatic carbocycles. The van der Waals surface area contributed by atoms with Gasteiger partial charge in [0.05, 0.1) is 7.11 Å². The number of pyridine rings is 1. The lowest BCUT2D eigenvalue weighted by Crippen LogP contribution is -2.42. The van der Waals surface area contributed by atoms with Crippen molar-refractivity contribution in [1.29, 1.82) is 0 Å².